The fourth-order valence-electron chi connectivity index (χ4n) is 5.62. The van der Waals surface area contributed by atoms with Crippen LogP contribution in [0, 0.1) is 5.92 Å². The van der Waals surface area contributed by atoms with Gasteiger partial charge in [-0.2, -0.15) is 0 Å². The third-order valence-electron chi connectivity index (χ3n) is 7.42. The van der Waals surface area contributed by atoms with Gasteiger partial charge in [0, 0.05) is 21.3 Å². The van der Waals surface area contributed by atoms with Gasteiger partial charge in [0.05, 0.1) is 12.6 Å². The zero-order valence-electron chi connectivity index (χ0n) is 20.2. The van der Waals surface area contributed by atoms with Crippen molar-refractivity contribution in [2.75, 3.05) is 27.2 Å². The highest BCUT2D eigenvalue weighted by atomic mass is 79.9. The number of methoxy groups -OCH3 is 1. The normalized spacial score (nSPS) is 17.7. The van der Waals surface area contributed by atoms with E-state index in [-0.39, 0.29) is 11.8 Å². The summed E-state index contributed by atoms with van der Waals surface area (Å²) in [7, 11) is 3.82. The lowest BCUT2D eigenvalue weighted by molar-refractivity contribution is -0.0603. The summed E-state index contributed by atoms with van der Waals surface area (Å²) in [5.41, 5.74) is 2.60. The van der Waals surface area contributed by atoms with Crippen molar-refractivity contribution < 1.29 is 9.84 Å². The molecule has 0 amide bonds. The van der Waals surface area contributed by atoms with Gasteiger partial charge in [-0.3, -0.25) is 0 Å². The SMILES string of the molecule is COc1nc2ccc(Br)cc2cc1C(c1ccccc1)C(O)(c1ccccc1)C1CCN(C)CC1. The Kier molecular flexibility index (Phi) is 6.92. The van der Waals surface area contributed by atoms with Crippen LogP contribution in [0.25, 0.3) is 10.9 Å². The molecule has 180 valence electrons. The van der Waals surface area contributed by atoms with Crippen molar-refractivity contribution in [3.05, 3.63) is 106 Å². The highest BCUT2D eigenvalue weighted by Gasteiger charge is 2.48. The molecule has 3 aromatic carbocycles. The molecule has 1 aliphatic heterocycles. The van der Waals surface area contributed by atoms with Gasteiger partial charge in [0.15, 0.2) is 0 Å². The van der Waals surface area contributed by atoms with Crippen LogP contribution in [0.3, 0.4) is 0 Å². The summed E-state index contributed by atoms with van der Waals surface area (Å²) in [4.78, 5) is 7.23. The molecule has 4 aromatic rings. The maximum atomic E-state index is 13.0. The van der Waals surface area contributed by atoms with Crippen LogP contribution in [0.1, 0.15) is 35.4 Å². The molecule has 4 nitrogen and oxygen atoms in total. The van der Waals surface area contributed by atoms with Crippen molar-refractivity contribution in [2.45, 2.75) is 24.4 Å². The van der Waals surface area contributed by atoms with Gasteiger partial charge in [-0.15, -0.1) is 0 Å². The first kappa shape index (κ1) is 24.0. The monoisotopic (exact) mass is 530 g/mol. The van der Waals surface area contributed by atoms with Crippen LogP contribution in [-0.2, 0) is 5.60 Å². The number of aliphatic hydroxyl groups is 1. The number of nitrogens with zero attached hydrogens (tertiary/aromatic N) is 2. The Balaban J connectivity index is 1.79. The van der Waals surface area contributed by atoms with Gasteiger partial charge in [-0.1, -0.05) is 76.6 Å². The van der Waals surface area contributed by atoms with Gasteiger partial charge in [0.25, 0.3) is 0 Å². The topological polar surface area (TPSA) is 45.6 Å². The van der Waals surface area contributed by atoms with E-state index < -0.39 is 5.60 Å². The summed E-state index contributed by atoms with van der Waals surface area (Å²) in [5.74, 6) is 0.274. The van der Waals surface area contributed by atoms with Crippen LogP contribution in [0.4, 0.5) is 0 Å². The molecule has 2 unspecified atom stereocenters. The van der Waals surface area contributed by atoms with Crippen LogP contribution >= 0.6 is 15.9 Å². The Morgan fingerprint density at radius 3 is 2.29 bits per heavy atom. The molecule has 0 saturated carbocycles. The minimum Gasteiger partial charge on any atom is -0.481 e. The highest BCUT2D eigenvalue weighted by molar-refractivity contribution is 9.10. The number of fused-ring (bicyclic) bond motifs is 1. The number of ether oxygens (including phenoxy) is 1. The number of aromatic nitrogens is 1. The van der Waals surface area contributed by atoms with Gasteiger partial charge in [0.2, 0.25) is 5.88 Å². The predicted molar refractivity (Wildman–Crippen MR) is 145 cm³/mol. The van der Waals surface area contributed by atoms with Crippen LogP contribution in [0.2, 0.25) is 0 Å². The number of benzene rings is 3. The molecule has 5 heteroatoms. The Labute approximate surface area is 215 Å². The molecular formula is C30H31BrN2O2. The molecule has 0 aliphatic carbocycles. The summed E-state index contributed by atoms with van der Waals surface area (Å²) in [6.07, 6.45) is 1.83. The molecule has 1 fully saturated rings. The zero-order chi connectivity index (χ0) is 24.4. The van der Waals surface area contributed by atoms with Crippen LogP contribution in [-0.4, -0.2) is 42.2 Å². The number of rotatable bonds is 6. The summed E-state index contributed by atoms with van der Waals surface area (Å²) < 4.78 is 6.87. The molecule has 0 radical (unpaired) electrons. The molecule has 2 heterocycles. The summed E-state index contributed by atoms with van der Waals surface area (Å²) in [6.45, 7) is 1.92. The minimum atomic E-state index is -1.14. The molecule has 1 aliphatic rings. The first-order chi connectivity index (χ1) is 17.0. The average molecular weight is 531 g/mol. The fourth-order valence-corrected chi connectivity index (χ4v) is 6.00. The van der Waals surface area contributed by atoms with Gasteiger partial charge in [-0.25, -0.2) is 4.98 Å². The zero-order valence-corrected chi connectivity index (χ0v) is 21.8. The van der Waals surface area contributed by atoms with E-state index >= 15 is 0 Å². The van der Waals surface area contributed by atoms with Crippen molar-refractivity contribution in [3.63, 3.8) is 0 Å². The molecule has 35 heavy (non-hydrogen) atoms. The van der Waals surface area contributed by atoms with E-state index in [0.29, 0.717) is 5.88 Å². The van der Waals surface area contributed by atoms with E-state index in [0.717, 1.165) is 58.0 Å². The second kappa shape index (κ2) is 10.1. The third-order valence-corrected chi connectivity index (χ3v) is 7.92. The van der Waals surface area contributed by atoms with Crippen molar-refractivity contribution in [1.29, 1.82) is 0 Å². The van der Waals surface area contributed by atoms with Crippen molar-refractivity contribution in [2.24, 2.45) is 5.92 Å². The highest BCUT2D eigenvalue weighted by Crippen LogP contribution is 2.51. The molecule has 2 atom stereocenters. The number of hydrogen-bond acceptors (Lipinski definition) is 4. The van der Waals surface area contributed by atoms with Crippen LogP contribution in [0.15, 0.2) is 89.4 Å². The van der Waals surface area contributed by atoms with Gasteiger partial charge < -0.3 is 14.7 Å². The summed E-state index contributed by atoms with van der Waals surface area (Å²) in [6, 6.07) is 28.7. The maximum absolute atomic E-state index is 13.0. The Hall–Kier alpha value is -2.73. The summed E-state index contributed by atoms with van der Waals surface area (Å²) >= 11 is 3.61. The number of halogens is 1. The average Bonchev–Trinajstić information content (AvgIpc) is 2.89. The number of likely N-dealkylation sites (tertiary alicyclic amines) is 1. The van der Waals surface area contributed by atoms with Gasteiger partial charge in [0.1, 0.15) is 5.60 Å². The molecule has 0 spiro atoms. The number of pyridine rings is 1. The molecule has 1 saturated heterocycles. The number of hydrogen-bond donors (Lipinski definition) is 1. The Morgan fingerprint density at radius 2 is 1.63 bits per heavy atom. The lowest BCUT2D eigenvalue weighted by Gasteiger charge is -2.46. The molecular weight excluding hydrogens is 500 g/mol. The first-order valence-electron chi connectivity index (χ1n) is 12.2. The number of piperidine rings is 1. The van der Waals surface area contributed by atoms with Gasteiger partial charge >= 0.3 is 0 Å². The Bertz CT molecular complexity index is 1290. The van der Waals surface area contributed by atoms with E-state index in [1.54, 1.807) is 7.11 Å². The van der Waals surface area contributed by atoms with Crippen molar-refractivity contribution in [1.82, 2.24) is 9.88 Å². The Morgan fingerprint density at radius 1 is 0.971 bits per heavy atom. The molecule has 0 bridgehead atoms. The molecule has 1 N–H and O–H groups in total. The van der Waals surface area contributed by atoms with Crippen LogP contribution < -0.4 is 4.74 Å². The van der Waals surface area contributed by atoms with Crippen molar-refractivity contribution >= 4 is 26.8 Å². The maximum Gasteiger partial charge on any atom is 0.217 e. The standard InChI is InChI=1S/C30H31BrN2O2/c1-33-17-15-24(16-18-33)30(34,23-11-7-4-8-12-23)28(21-9-5-3-6-10-21)26-20-22-19-25(31)13-14-27(22)32-29(26)35-2/h3-14,19-20,24,28,34H,15-18H2,1-2H3. The van der Waals surface area contributed by atoms with E-state index in [2.05, 4.69) is 64.3 Å². The lowest BCUT2D eigenvalue weighted by Crippen LogP contribution is -2.46. The second-order valence-corrected chi connectivity index (χ2v) is 10.5. The quantitative estimate of drug-likeness (QED) is 0.314. The third kappa shape index (κ3) is 4.61. The molecule has 1 aromatic heterocycles. The lowest BCUT2D eigenvalue weighted by atomic mass is 9.64. The second-order valence-electron chi connectivity index (χ2n) is 9.54. The van der Waals surface area contributed by atoms with E-state index in [1.165, 1.54) is 0 Å². The minimum absolute atomic E-state index is 0.0780. The van der Waals surface area contributed by atoms with Crippen LogP contribution in [0.5, 0.6) is 5.88 Å². The fraction of sp³-hybridized carbons (Fsp3) is 0.300. The van der Waals surface area contributed by atoms with Crippen molar-refractivity contribution in [3.8, 4) is 5.88 Å². The van der Waals surface area contributed by atoms with E-state index in [4.69, 9.17) is 9.72 Å². The largest absolute Gasteiger partial charge is 0.481 e. The molecule has 5 rings (SSSR count). The predicted octanol–water partition coefficient (Wildman–Crippen LogP) is 6.37. The van der Waals surface area contributed by atoms with Gasteiger partial charge in [-0.05, 0) is 74.3 Å². The smallest absolute Gasteiger partial charge is 0.217 e. The van der Waals surface area contributed by atoms with E-state index in [9.17, 15) is 5.11 Å². The van der Waals surface area contributed by atoms with E-state index in [1.807, 2.05) is 48.5 Å². The summed E-state index contributed by atoms with van der Waals surface area (Å²) in [5, 5.41) is 14.0. The first-order valence-corrected chi connectivity index (χ1v) is 13.0.